The standard InChI is InChI=1S/C42H80N4/c1-11-45(12-2,31-27-43-37-33-35-23-25-41(37,9)39(35,5)6)29-21-19-17-15-16-18-20-22-30-46(13-3,14-4)32-28-44-38-34-36-24-26-42(38,10)40(36,7)8/h35-36H,11-34H2,1-10H3/q+2/t35-,36-,41+,42+/m1/s1. The number of rotatable bonds is 21. The molecule has 0 unspecified atom stereocenters. The van der Waals surface area contributed by atoms with Crippen molar-refractivity contribution in [3.8, 4) is 0 Å². The van der Waals surface area contributed by atoms with Crippen molar-refractivity contribution < 1.29 is 8.97 Å². The number of unbranched alkanes of at least 4 members (excludes halogenated alkanes) is 7. The molecule has 0 aliphatic heterocycles. The van der Waals surface area contributed by atoms with E-state index in [2.05, 4.69) is 69.2 Å². The second-order valence-corrected chi connectivity index (χ2v) is 18.3. The molecule has 4 fully saturated rings. The highest BCUT2D eigenvalue weighted by Crippen LogP contribution is 2.65. The van der Waals surface area contributed by atoms with Gasteiger partial charge in [0.15, 0.2) is 0 Å². The van der Waals surface area contributed by atoms with E-state index >= 15 is 0 Å². The Morgan fingerprint density at radius 1 is 0.500 bits per heavy atom. The van der Waals surface area contributed by atoms with E-state index in [4.69, 9.17) is 9.98 Å². The molecule has 4 heteroatoms. The largest absolute Gasteiger partial charge is 0.323 e. The smallest absolute Gasteiger partial charge is 0.0985 e. The number of hydrogen-bond acceptors (Lipinski definition) is 2. The molecule has 0 saturated heterocycles. The SMILES string of the molecule is CC[N+](CC)(CCCCCCCCCC[N+](CC)(CC)CCN=C1C[C@H]2CC[C@]1(C)C2(C)C)CCN=C1C[C@H]2CC[C@]1(C)C2(C)C. The van der Waals surface area contributed by atoms with Crippen molar-refractivity contribution in [2.24, 2.45) is 43.5 Å². The molecule has 0 heterocycles. The van der Waals surface area contributed by atoms with Crippen LogP contribution < -0.4 is 0 Å². The minimum Gasteiger partial charge on any atom is -0.323 e. The van der Waals surface area contributed by atoms with Crippen LogP contribution >= 0.6 is 0 Å². The predicted molar refractivity (Wildman–Crippen MR) is 202 cm³/mol. The summed E-state index contributed by atoms with van der Waals surface area (Å²) in [6.07, 6.45) is 19.4. The lowest BCUT2D eigenvalue weighted by Crippen LogP contribution is -2.50. The third kappa shape index (κ3) is 7.39. The number of aliphatic imine (C=N–C) groups is 2. The highest BCUT2D eigenvalue weighted by Gasteiger charge is 2.60. The van der Waals surface area contributed by atoms with Gasteiger partial charge in [-0.05, 0) is 115 Å². The van der Waals surface area contributed by atoms with Gasteiger partial charge in [0.1, 0.15) is 0 Å². The number of nitrogens with zero attached hydrogens (tertiary/aromatic N) is 4. The quantitative estimate of drug-likeness (QED) is 0.0881. The maximum Gasteiger partial charge on any atom is 0.0985 e. The zero-order valence-electron chi connectivity index (χ0n) is 32.9. The van der Waals surface area contributed by atoms with Crippen LogP contribution in [0.5, 0.6) is 0 Å². The van der Waals surface area contributed by atoms with Crippen LogP contribution in [0.25, 0.3) is 0 Å². The van der Waals surface area contributed by atoms with Crippen molar-refractivity contribution in [3.05, 3.63) is 0 Å². The summed E-state index contributed by atoms with van der Waals surface area (Å²) in [5, 5.41) is 0. The second-order valence-electron chi connectivity index (χ2n) is 18.3. The van der Waals surface area contributed by atoms with E-state index in [1.165, 1.54) is 151 Å². The average Bonchev–Trinajstić information content (AvgIpc) is 3.56. The molecule has 4 saturated carbocycles. The van der Waals surface area contributed by atoms with Gasteiger partial charge in [-0.2, -0.15) is 0 Å². The average molecular weight is 641 g/mol. The Labute approximate surface area is 287 Å². The predicted octanol–water partition coefficient (Wildman–Crippen LogP) is 10.4. The molecule has 4 nitrogen and oxygen atoms in total. The molecule has 266 valence electrons. The fourth-order valence-corrected chi connectivity index (χ4v) is 11.0. The summed E-state index contributed by atoms with van der Waals surface area (Å²) < 4.78 is 2.53. The molecule has 0 radical (unpaired) electrons. The summed E-state index contributed by atoms with van der Waals surface area (Å²) in [4.78, 5) is 10.6. The molecule has 0 aromatic rings. The second kappa shape index (κ2) is 15.4. The molecule has 4 aliphatic rings. The Morgan fingerprint density at radius 3 is 1.09 bits per heavy atom. The lowest BCUT2D eigenvalue weighted by atomic mass is 9.70. The molecule has 4 aliphatic carbocycles. The van der Waals surface area contributed by atoms with Crippen LogP contribution in [0.2, 0.25) is 0 Å². The molecule has 0 N–H and O–H groups in total. The van der Waals surface area contributed by atoms with E-state index in [9.17, 15) is 0 Å². The van der Waals surface area contributed by atoms with Gasteiger partial charge in [-0.25, -0.2) is 0 Å². The van der Waals surface area contributed by atoms with Gasteiger partial charge >= 0.3 is 0 Å². The van der Waals surface area contributed by atoms with Crippen molar-refractivity contribution in [1.82, 2.24) is 0 Å². The van der Waals surface area contributed by atoms with Crippen molar-refractivity contribution in [1.29, 1.82) is 0 Å². The van der Waals surface area contributed by atoms with Crippen LogP contribution in [0.1, 0.15) is 159 Å². The molecule has 0 aromatic carbocycles. The van der Waals surface area contributed by atoms with Gasteiger partial charge in [-0.3, -0.25) is 9.98 Å². The van der Waals surface area contributed by atoms with Gasteiger partial charge in [-0.15, -0.1) is 0 Å². The Morgan fingerprint density at radius 2 is 0.826 bits per heavy atom. The Kier molecular flexibility index (Phi) is 12.8. The Balaban J connectivity index is 1.08. The van der Waals surface area contributed by atoms with E-state index in [0.717, 1.165) is 24.9 Å². The third-order valence-corrected chi connectivity index (χ3v) is 16.5. The van der Waals surface area contributed by atoms with Crippen LogP contribution in [0, 0.1) is 33.5 Å². The zero-order chi connectivity index (χ0) is 33.7. The summed E-state index contributed by atoms with van der Waals surface area (Å²) in [6.45, 7) is 37.0. The fourth-order valence-electron chi connectivity index (χ4n) is 11.0. The topological polar surface area (TPSA) is 24.7 Å². The Hall–Kier alpha value is -0.740. The van der Waals surface area contributed by atoms with Crippen LogP contribution in [0.3, 0.4) is 0 Å². The highest BCUT2D eigenvalue weighted by atomic mass is 15.4. The van der Waals surface area contributed by atoms with Gasteiger partial charge in [0.05, 0.1) is 65.4 Å². The van der Waals surface area contributed by atoms with Gasteiger partial charge in [-0.1, -0.05) is 67.2 Å². The molecular weight excluding hydrogens is 560 g/mol. The zero-order valence-corrected chi connectivity index (χ0v) is 32.9. The highest BCUT2D eigenvalue weighted by molar-refractivity contribution is 5.94. The van der Waals surface area contributed by atoms with Crippen molar-refractivity contribution >= 4 is 11.4 Å². The lowest BCUT2D eigenvalue weighted by molar-refractivity contribution is -0.923. The molecule has 0 aromatic heterocycles. The lowest BCUT2D eigenvalue weighted by Gasteiger charge is -2.37. The van der Waals surface area contributed by atoms with Crippen LogP contribution in [0.15, 0.2) is 9.98 Å². The first-order chi connectivity index (χ1) is 21.8. The molecule has 4 atom stereocenters. The van der Waals surface area contributed by atoms with Gasteiger partial charge in [0, 0.05) is 22.3 Å². The molecule has 46 heavy (non-hydrogen) atoms. The third-order valence-electron chi connectivity index (χ3n) is 16.5. The van der Waals surface area contributed by atoms with E-state index in [0.29, 0.717) is 21.7 Å². The number of likely N-dealkylation sites (N-methyl/N-ethyl adjacent to an activating group) is 2. The summed E-state index contributed by atoms with van der Waals surface area (Å²) in [7, 11) is 0. The van der Waals surface area contributed by atoms with Gasteiger partial charge < -0.3 is 8.97 Å². The first kappa shape index (κ1) is 38.1. The molecule has 4 rings (SSSR count). The summed E-state index contributed by atoms with van der Waals surface area (Å²) >= 11 is 0. The first-order valence-corrected chi connectivity index (χ1v) is 20.6. The maximum absolute atomic E-state index is 5.31. The van der Waals surface area contributed by atoms with Crippen molar-refractivity contribution in [2.75, 3.05) is 65.4 Å². The van der Waals surface area contributed by atoms with Gasteiger partial charge in [0.25, 0.3) is 0 Å². The van der Waals surface area contributed by atoms with E-state index < -0.39 is 0 Å². The van der Waals surface area contributed by atoms with E-state index in [1.807, 2.05) is 0 Å². The van der Waals surface area contributed by atoms with Crippen molar-refractivity contribution in [2.45, 2.75) is 159 Å². The normalized spacial score (nSPS) is 31.6. The monoisotopic (exact) mass is 641 g/mol. The summed E-state index contributed by atoms with van der Waals surface area (Å²) in [6, 6.07) is 0. The molecule has 0 amide bonds. The van der Waals surface area contributed by atoms with Crippen LogP contribution in [-0.2, 0) is 0 Å². The minimum atomic E-state index is 0.362. The first-order valence-electron chi connectivity index (χ1n) is 20.6. The number of fused-ring (bicyclic) bond motifs is 4. The Bertz CT molecular complexity index is 948. The minimum absolute atomic E-state index is 0.362. The van der Waals surface area contributed by atoms with Crippen LogP contribution in [0.4, 0.5) is 0 Å². The van der Waals surface area contributed by atoms with Gasteiger partial charge in [0.2, 0.25) is 0 Å². The van der Waals surface area contributed by atoms with Crippen molar-refractivity contribution in [3.63, 3.8) is 0 Å². The number of hydrogen-bond donors (Lipinski definition) is 0. The summed E-state index contributed by atoms with van der Waals surface area (Å²) in [5.41, 5.74) is 4.74. The number of quaternary nitrogens is 2. The fraction of sp³-hybridized carbons (Fsp3) is 0.952. The van der Waals surface area contributed by atoms with E-state index in [1.54, 1.807) is 11.4 Å². The summed E-state index contributed by atoms with van der Waals surface area (Å²) in [5.74, 6) is 1.74. The molecule has 0 spiro atoms. The maximum atomic E-state index is 5.31. The van der Waals surface area contributed by atoms with E-state index in [-0.39, 0.29) is 0 Å². The molecular formula is C42H80N4+2. The molecule has 4 bridgehead atoms. The van der Waals surface area contributed by atoms with Crippen LogP contribution in [-0.4, -0.2) is 85.8 Å².